The Morgan fingerprint density at radius 3 is 2.71 bits per heavy atom. The summed E-state index contributed by atoms with van der Waals surface area (Å²) in [6, 6.07) is 10.3. The molecule has 0 spiro atoms. The van der Waals surface area contributed by atoms with Crippen LogP contribution in [0.5, 0.6) is 17.2 Å². The van der Waals surface area contributed by atoms with E-state index < -0.39 is 5.60 Å². The molecule has 0 unspecified atom stereocenters. The molecule has 0 saturated carbocycles. The van der Waals surface area contributed by atoms with Gasteiger partial charge in [0, 0.05) is 29.7 Å². The summed E-state index contributed by atoms with van der Waals surface area (Å²) in [7, 11) is 0. The molecule has 146 valence electrons. The van der Waals surface area contributed by atoms with Crippen LogP contribution in [0.2, 0.25) is 5.02 Å². The van der Waals surface area contributed by atoms with E-state index in [-0.39, 0.29) is 31.6 Å². The van der Waals surface area contributed by atoms with Crippen LogP contribution in [-0.2, 0) is 9.59 Å². The van der Waals surface area contributed by atoms with Crippen molar-refractivity contribution in [3.8, 4) is 17.2 Å². The molecule has 2 aromatic rings. The molecular weight excluding hydrogens is 384 g/mol. The maximum Gasteiger partial charge on any atom is 0.270 e. The van der Waals surface area contributed by atoms with Gasteiger partial charge in [-0.15, -0.1) is 0 Å². The normalized spacial score (nSPS) is 16.4. The molecule has 2 aliphatic heterocycles. The third-order valence-corrected chi connectivity index (χ3v) is 4.79. The van der Waals surface area contributed by atoms with Gasteiger partial charge in [-0.3, -0.25) is 9.59 Å². The van der Waals surface area contributed by atoms with Gasteiger partial charge in [0.25, 0.3) is 5.91 Å². The third kappa shape index (κ3) is 3.45. The van der Waals surface area contributed by atoms with E-state index in [1.54, 1.807) is 55.1 Å². The van der Waals surface area contributed by atoms with Gasteiger partial charge >= 0.3 is 0 Å². The molecule has 28 heavy (non-hydrogen) atoms. The van der Waals surface area contributed by atoms with Crippen LogP contribution in [0.15, 0.2) is 36.4 Å². The second-order valence-corrected chi connectivity index (χ2v) is 7.48. The summed E-state index contributed by atoms with van der Waals surface area (Å²) in [6.07, 6.45) is 0.113. The van der Waals surface area contributed by atoms with Crippen LogP contribution in [0.1, 0.15) is 20.3 Å². The first-order chi connectivity index (χ1) is 13.3. The van der Waals surface area contributed by atoms with E-state index >= 15 is 0 Å². The Morgan fingerprint density at radius 1 is 1.14 bits per heavy atom. The van der Waals surface area contributed by atoms with Crippen LogP contribution in [0.25, 0.3) is 0 Å². The van der Waals surface area contributed by atoms with Gasteiger partial charge in [0.1, 0.15) is 5.75 Å². The minimum Gasteiger partial charge on any atom is -0.476 e. The molecule has 0 fully saturated rings. The zero-order chi connectivity index (χ0) is 19.9. The number of nitrogens with one attached hydrogen (secondary N) is 1. The number of amides is 2. The van der Waals surface area contributed by atoms with E-state index in [1.165, 1.54) is 0 Å². The molecule has 8 heteroatoms. The lowest BCUT2D eigenvalue weighted by Gasteiger charge is -2.38. The number of hydrogen-bond donors (Lipinski definition) is 1. The molecule has 0 saturated heterocycles. The highest BCUT2D eigenvalue weighted by atomic mass is 35.5. The van der Waals surface area contributed by atoms with Crippen molar-refractivity contribution >= 4 is 34.8 Å². The summed E-state index contributed by atoms with van der Waals surface area (Å²) in [4.78, 5) is 26.8. The Balaban J connectivity index is 1.47. The molecule has 7 nitrogen and oxygen atoms in total. The number of rotatable bonds is 4. The molecule has 2 aliphatic rings. The van der Waals surface area contributed by atoms with E-state index in [0.29, 0.717) is 33.6 Å². The smallest absolute Gasteiger partial charge is 0.270 e. The Morgan fingerprint density at radius 2 is 1.89 bits per heavy atom. The Bertz CT molecular complexity index is 960. The fourth-order valence-corrected chi connectivity index (χ4v) is 3.34. The summed E-state index contributed by atoms with van der Waals surface area (Å²) in [5.41, 5.74) is 0.147. The van der Waals surface area contributed by atoms with Crippen molar-refractivity contribution in [2.24, 2.45) is 0 Å². The fourth-order valence-electron chi connectivity index (χ4n) is 3.17. The van der Waals surface area contributed by atoms with Gasteiger partial charge in [-0.1, -0.05) is 11.6 Å². The van der Waals surface area contributed by atoms with E-state index in [0.717, 1.165) is 0 Å². The number of carbonyl (C=O) groups excluding carboxylic acids is 2. The number of anilines is 2. The number of fused-ring (bicyclic) bond motifs is 2. The largest absolute Gasteiger partial charge is 0.476 e. The lowest BCUT2D eigenvalue weighted by atomic mass is 10.0. The zero-order valence-electron chi connectivity index (χ0n) is 15.5. The Labute approximate surface area is 167 Å². The highest BCUT2D eigenvalue weighted by Gasteiger charge is 2.40. The average Bonchev–Trinajstić information content (AvgIpc) is 3.10. The molecule has 1 N–H and O–H groups in total. The lowest BCUT2D eigenvalue weighted by Crippen LogP contribution is -2.53. The summed E-state index contributed by atoms with van der Waals surface area (Å²) >= 11 is 6.08. The van der Waals surface area contributed by atoms with Crippen molar-refractivity contribution in [2.75, 3.05) is 23.6 Å². The maximum atomic E-state index is 12.8. The number of hydrogen-bond acceptors (Lipinski definition) is 5. The van der Waals surface area contributed by atoms with Gasteiger partial charge in [-0.05, 0) is 44.2 Å². The Hall–Kier alpha value is -2.93. The molecule has 0 radical (unpaired) electrons. The predicted molar refractivity (Wildman–Crippen MR) is 104 cm³/mol. The number of halogens is 1. The summed E-state index contributed by atoms with van der Waals surface area (Å²) in [5, 5.41) is 3.30. The molecule has 2 amide bonds. The van der Waals surface area contributed by atoms with Crippen molar-refractivity contribution in [3.05, 3.63) is 41.4 Å². The van der Waals surface area contributed by atoms with E-state index in [9.17, 15) is 9.59 Å². The van der Waals surface area contributed by atoms with Gasteiger partial charge in [0.05, 0.1) is 5.69 Å². The van der Waals surface area contributed by atoms with Crippen molar-refractivity contribution in [1.82, 2.24) is 0 Å². The number of ether oxygens (including phenoxy) is 3. The first-order valence-corrected chi connectivity index (χ1v) is 9.21. The molecule has 4 rings (SSSR count). The van der Waals surface area contributed by atoms with Crippen molar-refractivity contribution < 1.29 is 23.8 Å². The second kappa shape index (κ2) is 6.91. The van der Waals surface area contributed by atoms with E-state index in [1.807, 2.05) is 0 Å². The first kappa shape index (κ1) is 18.4. The topological polar surface area (TPSA) is 77.1 Å². The average molecular weight is 403 g/mol. The molecular formula is C20H19ClN2O5. The maximum absolute atomic E-state index is 12.8. The first-order valence-electron chi connectivity index (χ1n) is 8.83. The van der Waals surface area contributed by atoms with Crippen LogP contribution < -0.4 is 24.4 Å². The predicted octanol–water partition coefficient (Wildman–Crippen LogP) is 3.60. The van der Waals surface area contributed by atoms with Crippen molar-refractivity contribution in [2.45, 2.75) is 25.9 Å². The minimum absolute atomic E-state index is 0.113. The number of benzene rings is 2. The van der Waals surface area contributed by atoms with E-state index in [4.69, 9.17) is 25.8 Å². The Kier molecular flexibility index (Phi) is 4.55. The molecule has 0 aromatic heterocycles. The lowest BCUT2D eigenvalue weighted by molar-refractivity contribution is -0.132. The van der Waals surface area contributed by atoms with Gasteiger partial charge in [-0.25, -0.2) is 0 Å². The standard InChI is InChI=1S/C20H19ClN2O5/c1-20(2)19(25)23(14-9-12(21)3-5-15(14)28-20)8-7-18(24)22-13-4-6-16-17(10-13)27-11-26-16/h3-6,9-10H,7-8,11H2,1-2H3,(H,22,24). The summed E-state index contributed by atoms with van der Waals surface area (Å²) in [5.74, 6) is 1.35. The van der Waals surface area contributed by atoms with Gasteiger partial charge in [-0.2, -0.15) is 0 Å². The number of carbonyl (C=O) groups is 2. The van der Waals surface area contributed by atoms with Crippen LogP contribution in [0, 0.1) is 0 Å². The highest BCUT2D eigenvalue weighted by Crippen LogP contribution is 2.39. The third-order valence-electron chi connectivity index (χ3n) is 4.56. The van der Waals surface area contributed by atoms with E-state index in [2.05, 4.69) is 5.32 Å². The molecule has 0 aliphatic carbocycles. The van der Waals surface area contributed by atoms with Crippen molar-refractivity contribution in [3.63, 3.8) is 0 Å². The van der Waals surface area contributed by atoms with Crippen molar-refractivity contribution in [1.29, 1.82) is 0 Å². The summed E-state index contributed by atoms with van der Waals surface area (Å²) < 4.78 is 16.4. The molecule has 2 heterocycles. The van der Waals surface area contributed by atoms with Crippen LogP contribution in [0.3, 0.4) is 0 Å². The molecule has 2 aromatic carbocycles. The number of nitrogens with zero attached hydrogens (tertiary/aromatic N) is 1. The van der Waals surface area contributed by atoms with Crippen LogP contribution >= 0.6 is 11.6 Å². The summed E-state index contributed by atoms with van der Waals surface area (Å²) in [6.45, 7) is 3.78. The van der Waals surface area contributed by atoms with Gasteiger partial charge in [0.2, 0.25) is 12.7 Å². The SMILES string of the molecule is CC1(C)Oc2ccc(Cl)cc2N(CCC(=O)Nc2ccc3c(c2)OCO3)C1=O. The second-order valence-electron chi connectivity index (χ2n) is 7.05. The highest BCUT2D eigenvalue weighted by molar-refractivity contribution is 6.31. The van der Waals surface area contributed by atoms with Gasteiger partial charge in [0.15, 0.2) is 17.1 Å². The fraction of sp³-hybridized carbons (Fsp3) is 0.300. The van der Waals surface area contributed by atoms with Crippen LogP contribution in [0.4, 0.5) is 11.4 Å². The molecule has 0 atom stereocenters. The zero-order valence-corrected chi connectivity index (χ0v) is 16.2. The monoisotopic (exact) mass is 402 g/mol. The molecule has 0 bridgehead atoms. The van der Waals surface area contributed by atoms with Gasteiger partial charge < -0.3 is 24.4 Å². The minimum atomic E-state index is -1.02. The quantitative estimate of drug-likeness (QED) is 0.845. The van der Waals surface area contributed by atoms with Crippen LogP contribution in [-0.4, -0.2) is 30.8 Å².